The van der Waals surface area contributed by atoms with Crippen molar-refractivity contribution in [1.82, 2.24) is 14.8 Å². The molecule has 0 aliphatic heterocycles. The number of thioether (sulfide) groups is 1. The van der Waals surface area contributed by atoms with Gasteiger partial charge in [-0.3, -0.25) is 14.2 Å². The van der Waals surface area contributed by atoms with Gasteiger partial charge in [0.15, 0.2) is 11.0 Å². The van der Waals surface area contributed by atoms with E-state index in [-0.39, 0.29) is 34.4 Å². The predicted octanol–water partition coefficient (Wildman–Crippen LogP) is 3.98. The zero-order chi connectivity index (χ0) is 26.9. The molecule has 10 nitrogen and oxygen atoms in total. The van der Waals surface area contributed by atoms with Crippen molar-refractivity contribution in [2.45, 2.75) is 45.5 Å². The molecule has 0 aliphatic carbocycles. The number of aryl methyl sites for hydroxylation is 1. The van der Waals surface area contributed by atoms with Gasteiger partial charge in [-0.2, -0.15) is 0 Å². The largest absolute Gasteiger partial charge is 0.486 e. The minimum atomic E-state index is -0.684. The molecular weight excluding hydrogens is 514 g/mol. The molecule has 12 heteroatoms. The van der Waals surface area contributed by atoms with E-state index in [1.165, 1.54) is 17.3 Å². The molecule has 2 amide bonds. The third-order valence-electron chi connectivity index (χ3n) is 5.24. The van der Waals surface area contributed by atoms with Crippen LogP contribution in [-0.4, -0.2) is 44.9 Å². The van der Waals surface area contributed by atoms with Crippen LogP contribution in [0.25, 0.3) is 0 Å². The molecule has 2 heterocycles. The van der Waals surface area contributed by atoms with Crippen molar-refractivity contribution in [3.8, 4) is 5.75 Å². The summed E-state index contributed by atoms with van der Waals surface area (Å²) in [7, 11) is 0. The van der Waals surface area contributed by atoms with Gasteiger partial charge in [0.05, 0.1) is 22.8 Å². The number of amides is 2. The average molecular weight is 544 g/mol. The van der Waals surface area contributed by atoms with Crippen LogP contribution >= 0.6 is 23.1 Å². The summed E-state index contributed by atoms with van der Waals surface area (Å²) in [6.07, 6.45) is 2.66. The van der Waals surface area contributed by atoms with E-state index in [0.29, 0.717) is 23.1 Å². The summed E-state index contributed by atoms with van der Waals surface area (Å²) in [6.45, 7) is 9.92. The van der Waals surface area contributed by atoms with Crippen molar-refractivity contribution in [2.75, 3.05) is 17.7 Å². The van der Waals surface area contributed by atoms with Crippen LogP contribution < -0.4 is 15.8 Å². The first-order valence-corrected chi connectivity index (χ1v) is 13.4. The van der Waals surface area contributed by atoms with Gasteiger partial charge in [0, 0.05) is 6.54 Å². The number of nitrogens with one attached hydrogen (secondary N) is 1. The highest BCUT2D eigenvalue weighted by atomic mass is 32.2. The smallest absolute Gasteiger partial charge is 0.341 e. The number of primary amides is 1. The van der Waals surface area contributed by atoms with E-state index in [4.69, 9.17) is 15.2 Å². The maximum absolute atomic E-state index is 12.8. The van der Waals surface area contributed by atoms with Gasteiger partial charge >= 0.3 is 5.97 Å². The highest BCUT2D eigenvalue weighted by molar-refractivity contribution is 7.99. The van der Waals surface area contributed by atoms with Gasteiger partial charge in [-0.25, -0.2) is 4.79 Å². The van der Waals surface area contributed by atoms with Crippen molar-refractivity contribution in [2.24, 2.45) is 5.73 Å². The van der Waals surface area contributed by atoms with E-state index < -0.39 is 17.8 Å². The fourth-order valence-electron chi connectivity index (χ4n) is 3.39. The highest BCUT2D eigenvalue weighted by Crippen LogP contribution is 2.34. The second-order valence-corrected chi connectivity index (χ2v) is 9.73. The molecule has 1 aromatic carbocycles. The molecule has 3 aromatic rings. The monoisotopic (exact) mass is 543 g/mol. The maximum Gasteiger partial charge on any atom is 0.341 e. The van der Waals surface area contributed by atoms with Crippen LogP contribution in [0.3, 0.4) is 0 Å². The Morgan fingerprint density at radius 2 is 1.95 bits per heavy atom. The van der Waals surface area contributed by atoms with Crippen LogP contribution in [-0.2, 0) is 29.1 Å². The van der Waals surface area contributed by atoms with Gasteiger partial charge in [-0.1, -0.05) is 36.9 Å². The van der Waals surface area contributed by atoms with E-state index in [0.717, 1.165) is 23.5 Å². The first kappa shape index (κ1) is 27.9. The third kappa shape index (κ3) is 6.98. The van der Waals surface area contributed by atoms with Crippen LogP contribution in [0.2, 0.25) is 0 Å². The Labute approximate surface area is 223 Å². The number of nitrogens with zero attached hydrogens (tertiary/aromatic N) is 3. The van der Waals surface area contributed by atoms with Crippen molar-refractivity contribution in [3.05, 3.63) is 64.3 Å². The standard InChI is InChI=1S/C25H29N5O5S2/c1-5-12-30-18(13-35-17-10-8-16(6-2)9-11-17)28-29-25(30)36-14-19(31)27-23-20(24(33)34-7-3)15(4)21(37-23)22(26)32/h5,8-11H,1,6-7,12-14H2,2-4H3,(H2,26,32)(H,27,31). The number of ether oxygens (including phenoxy) is 2. The summed E-state index contributed by atoms with van der Waals surface area (Å²) in [4.78, 5) is 37.1. The molecule has 0 fully saturated rings. The summed E-state index contributed by atoms with van der Waals surface area (Å²) in [5.74, 6) is -0.415. The summed E-state index contributed by atoms with van der Waals surface area (Å²) in [6, 6.07) is 7.85. The maximum atomic E-state index is 12.8. The first-order valence-electron chi connectivity index (χ1n) is 11.6. The number of anilines is 1. The van der Waals surface area contributed by atoms with Gasteiger partial charge in [-0.15, -0.1) is 28.1 Å². The van der Waals surface area contributed by atoms with Crippen LogP contribution in [0.5, 0.6) is 5.75 Å². The Morgan fingerprint density at radius 1 is 1.22 bits per heavy atom. The Morgan fingerprint density at radius 3 is 2.57 bits per heavy atom. The van der Waals surface area contributed by atoms with Gasteiger partial charge < -0.3 is 20.5 Å². The second-order valence-electron chi connectivity index (χ2n) is 7.77. The fraction of sp³-hybridized carbons (Fsp3) is 0.320. The lowest BCUT2D eigenvalue weighted by atomic mass is 10.1. The van der Waals surface area contributed by atoms with Gasteiger partial charge in [0.1, 0.15) is 17.4 Å². The molecule has 0 bridgehead atoms. The minimum absolute atomic E-state index is 0.0142. The molecule has 0 spiro atoms. The Balaban J connectivity index is 1.69. The number of allylic oxidation sites excluding steroid dienone is 1. The summed E-state index contributed by atoms with van der Waals surface area (Å²) in [5, 5.41) is 11.8. The molecule has 3 rings (SSSR count). The van der Waals surface area contributed by atoms with E-state index >= 15 is 0 Å². The second kappa shape index (κ2) is 13.1. The molecule has 0 unspecified atom stereocenters. The lowest BCUT2D eigenvalue weighted by Gasteiger charge is -2.10. The molecule has 3 N–H and O–H groups in total. The van der Waals surface area contributed by atoms with Crippen molar-refractivity contribution in [3.63, 3.8) is 0 Å². The zero-order valence-electron chi connectivity index (χ0n) is 20.9. The SMILES string of the molecule is C=CCn1c(COc2ccc(CC)cc2)nnc1SCC(=O)Nc1sc(C(N)=O)c(C)c1C(=O)OCC. The van der Waals surface area contributed by atoms with Crippen LogP contribution in [0.4, 0.5) is 5.00 Å². The Hall–Kier alpha value is -3.64. The van der Waals surface area contributed by atoms with E-state index in [2.05, 4.69) is 29.0 Å². The summed E-state index contributed by atoms with van der Waals surface area (Å²) in [5.41, 5.74) is 7.14. The fourth-order valence-corrected chi connectivity index (χ4v) is 5.22. The van der Waals surface area contributed by atoms with E-state index in [1.54, 1.807) is 19.9 Å². The number of nitrogens with two attached hydrogens (primary N) is 1. The molecular formula is C25H29N5O5S2. The van der Waals surface area contributed by atoms with Crippen molar-refractivity contribution in [1.29, 1.82) is 0 Å². The lowest BCUT2D eigenvalue weighted by Crippen LogP contribution is -2.17. The number of rotatable bonds is 13. The van der Waals surface area contributed by atoms with Gasteiger partial charge in [0.25, 0.3) is 5.91 Å². The summed E-state index contributed by atoms with van der Waals surface area (Å²) >= 11 is 2.12. The molecule has 0 aliphatic rings. The number of aromatic nitrogens is 3. The van der Waals surface area contributed by atoms with Crippen molar-refractivity contribution >= 4 is 45.9 Å². The predicted molar refractivity (Wildman–Crippen MR) is 143 cm³/mol. The Bertz CT molecular complexity index is 1280. The number of hydrogen-bond acceptors (Lipinski definition) is 9. The highest BCUT2D eigenvalue weighted by Gasteiger charge is 2.26. The van der Waals surface area contributed by atoms with E-state index in [1.807, 2.05) is 28.8 Å². The van der Waals surface area contributed by atoms with Gasteiger partial charge in [0.2, 0.25) is 5.91 Å². The molecule has 0 atom stereocenters. The number of esters is 1. The van der Waals surface area contributed by atoms with Crippen LogP contribution in [0.1, 0.15) is 50.8 Å². The minimum Gasteiger partial charge on any atom is -0.486 e. The number of carbonyl (C=O) groups is 3. The Kier molecular flexibility index (Phi) is 9.86. The topological polar surface area (TPSA) is 138 Å². The molecule has 0 saturated carbocycles. The number of thiophene rings is 1. The molecule has 196 valence electrons. The van der Waals surface area contributed by atoms with E-state index in [9.17, 15) is 14.4 Å². The number of carbonyl (C=O) groups excluding carboxylic acids is 3. The molecule has 37 heavy (non-hydrogen) atoms. The van der Waals surface area contributed by atoms with Crippen LogP contribution in [0, 0.1) is 6.92 Å². The molecule has 2 aromatic heterocycles. The normalized spacial score (nSPS) is 10.7. The quantitative estimate of drug-likeness (QED) is 0.188. The zero-order valence-corrected chi connectivity index (χ0v) is 22.5. The number of benzene rings is 1. The third-order valence-corrected chi connectivity index (χ3v) is 7.43. The van der Waals surface area contributed by atoms with Gasteiger partial charge in [-0.05, 0) is 43.5 Å². The molecule has 0 saturated heterocycles. The van der Waals surface area contributed by atoms with Crippen molar-refractivity contribution < 1.29 is 23.9 Å². The average Bonchev–Trinajstić information content (AvgIpc) is 3.42. The number of hydrogen-bond donors (Lipinski definition) is 2. The van der Waals surface area contributed by atoms with Crippen LogP contribution in [0.15, 0.2) is 42.1 Å². The first-order chi connectivity index (χ1) is 17.8. The molecule has 0 radical (unpaired) electrons. The lowest BCUT2D eigenvalue weighted by molar-refractivity contribution is -0.113. The summed E-state index contributed by atoms with van der Waals surface area (Å²) < 4.78 is 12.8.